The minimum absolute atomic E-state index is 0.00529. The lowest BCUT2D eigenvalue weighted by Gasteiger charge is -2.21. The number of aromatic nitrogens is 2. The molecule has 100 valence electrons. The Hall–Kier alpha value is -1.47. The van der Waals surface area contributed by atoms with E-state index in [0.717, 1.165) is 19.5 Å². The van der Waals surface area contributed by atoms with Crippen LogP contribution in [0.1, 0.15) is 11.7 Å². The van der Waals surface area contributed by atoms with Gasteiger partial charge in [-0.2, -0.15) is 4.98 Å². The summed E-state index contributed by atoms with van der Waals surface area (Å²) in [6.07, 6.45) is 1.20. The zero-order chi connectivity index (χ0) is 13.0. The third-order valence-electron chi connectivity index (χ3n) is 2.80. The Bertz CT molecular complexity index is 404. The highest BCUT2D eigenvalue weighted by molar-refractivity contribution is 5.82. The van der Waals surface area contributed by atoms with Crippen LogP contribution >= 0.6 is 0 Å². The van der Waals surface area contributed by atoms with Crippen molar-refractivity contribution in [1.29, 1.82) is 0 Å². The van der Waals surface area contributed by atoms with Crippen molar-refractivity contribution in [2.75, 3.05) is 33.7 Å². The Morgan fingerprint density at radius 1 is 1.44 bits per heavy atom. The molecule has 1 amide bonds. The number of hydrogen-bond acceptors (Lipinski definition) is 6. The molecule has 0 aromatic carbocycles. The van der Waals surface area contributed by atoms with Crippen molar-refractivity contribution < 1.29 is 9.32 Å². The van der Waals surface area contributed by atoms with Crippen molar-refractivity contribution in [2.24, 2.45) is 0 Å². The number of amides is 1. The first-order chi connectivity index (χ1) is 8.65. The summed E-state index contributed by atoms with van der Waals surface area (Å²) in [6, 6.07) is -0.263. The number of hydrogen-bond donors (Lipinski definition) is 2. The van der Waals surface area contributed by atoms with E-state index in [4.69, 9.17) is 4.52 Å². The largest absolute Gasteiger partial charge is 0.353 e. The molecule has 2 heterocycles. The number of piperazine rings is 1. The predicted molar refractivity (Wildman–Crippen MR) is 65.1 cm³/mol. The van der Waals surface area contributed by atoms with Gasteiger partial charge in [0, 0.05) is 26.1 Å². The van der Waals surface area contributed by atoms with Gasteiger partial charge < -0.3 is 20.1 Å². The van der Waals surface area contributed by atoms with E-state index in [0.29, 0.717) is 24.7 Å². The summed E-state index contributed by atoms with van der Waals surface area (Å²) >= 11 is 0. The van der Waals surface area contributed by atoms with E-state index in [1.54, 1.807) is 0 Å². The van der Waals surface area contributed by atoms with E-state index < -0.39 is 0 Å². The monoisotopic (exact) mass is 253 g/mol. The fourth-order valence-electron chi connectivity index (χ4n) is 1.79. The van der Waals surface area contributed by atoms with Crippen LogP contribution in [0.3, 0.4) is 0 Å². The average molecular weight is 253 g/mol. The van der Waals surface area contributed by atoms with Gasteiger partial charge in [0.05, 0.1) is 12.5 Å². The maximum atomic E-state index is 11.6. The van der Waals surface area contributed by atoms with Gasteiger partial charge in [0.1, 0.15) is 0 Å². The Morgan fingerprint density at radius 3 is 3.00 bits per heavy atom. The van der Waals surface area contributed by atoms with Crippen LogP contribution in [-0.2, 0) is 17.6 Å². The molecule has 0 radical (unpaired) electrons. The lowest BCUT2D eigenvalue weighted by molar-refractivity contribution is -0.124. The standard InChI is InChI=1S/C11H19N5O2/c1-16(2)6-3-9-14-10(18-15-9)7-8-11(17)13-5-4-12-8/h8,12H,3-7H2,1-2H3,(H,13,17). The van der Waals surface area contributed by atoms with Gasteiger partial charge in [-0.1, -0.05) is 5.16 Å². The van der Waals surface area contributed by atoms with Crippen molar-refractivity contribution in [2.45, 2.75) is 18.9 Å². The number of rotatable bonds is 5. The van der Waals surface area contributed by atoms with Crippen LogP contribution in [-0.4, -0.2) is 60.7 Å². The lowest BCUT2D eigenvalue weighted by Crippen LogP contribution is -2.53. The van der Waals surface area contributed by atoms with Gasteiger partial charge >= 0.3 is 0 Å². The van der Waals surface area contributed by atoms with Crippen molar-refractivity contribution in [3.05, 3.63) is 11.7 Å². The molecule has 18 heavy (non-hydrogen) atoms. The van der Waals surface area contributed by atoms with Crippen molar-refractivity contribution >= 4 is 5.91 Å². The van der Waals surface area contributed by atoms with Gasteiger partial charge in [0.2, 0.25) is 11.8 Å². The maximum absolute atomic E-state index is 11.6. The van der Waals surface area contributed by atoms with Crippen molar-refractivity contribution in [3.63, 3.8) is 0 Å². The van der Waals surface area contributed by atoms with Gasteiger partial charge in [-0.05, 0) is 14.1 Å². The van der Waals surface area contributed by atoms with Crippen molar-refractivity contribution in [1.82, 2.24) is 25.7 Å². The average Bonchev–Trinajstić information content (AvgIpc) is 2.77. The number of likely N-dealkylation sites (N-methyl/N-ethyl adjacent to an activating group) is 1. The minimum atomic E-state index is -0.263. The second kappa shape index (κ2) is 5.92. The van der Waals surface area contributed by atoms with Crippen LogP contribution in [0.25, 0.3) is 0 Å². The molecular weight excluding hydrogens is 234 g/mol. The van der Waals surface area contributed by atoms with Gasteiger partial charge in [-0.15, -0.1) is 0 Å². The van der Waals surface area contributed by atoms with E-state index in [1.807, 2.05) is 14.1 Å². The molecule has 1 aromatic heterocycles. The molecule has 7 nitrogen and oxygen atoms in total. The Balaban J connectivity index is 1.87. The summed E-state index contributed by atoms with van der Waals surface area (Å²) in [5, 5.41) is 9.84. The molecule has 0 bridgehead atoms. The summed E-state index contributed by atoms with van der Waals surface area (Å²) in [7, 11) is 3.99. The van der Waals surface area contributed by atoms with Gasteiger partial charge in [-0.3, -0.25) is 4.79 Å². The SMILES string of the molecule is CN(C)CCc1noc(CC2NCCNC2=O)n1. The number of carbonyl (C=O) groups excluding carboxylic acids is 1. The van der Waals surface area contributed by atoms with E-state index in [9.17, 15) is 4.79 Å². The second-order valence-corrected chi connectivity index (χ2v) is 4.66. The van der Waals surface area contributed by atoms with Gasteiger partial charge in [0.25, 0.3) is 0 Å². The minimum Gasteiger partial charge on any atom is -0.353 e. The van der Waals surface area contributed by atoms with E-state index in [1.165, 1.54) is 0 Å². The van der Waals surface area contributed by atoms with E-state index in [-0.39, 0.29) is 11.9 Å². The molecule has 0 saturated carbocycles. The van der Waals surface area contributed by atoms with Crippen molar-refractivity contribution in [3.8, 4) is 0 Å². The van der Waals surface area contributed by atoms with Crippen LogP contribution in [0.15, 0.2) is 4.52 Å². The summed E-state index contributed by atoms with van der Waals surface area (Å²) in [5.74, 6) is 1.20. The zero-order valence-electron chi connectivity index (χ0n) is 10.8. The molecule has 7 heteroatoms. The van der Waals surface area contributed by atoms with Gasteiger partial charge in [-0.25, -0.2) is 0 Å². The van der Waals surface area contributed by atoms with Crippen LogP contribution < -0.4 is 10.6 Å². The summed E-state index contributed by atoms with van der Waals surface area (Å²) in [5.41, 5.74) is 0. The molecule has 0 aliphatic carbocycles. The highest BCUT2D eigenvalue weighted by atomic mass is 16.5. The third-order valence-corrected chi connectivity index (χ3v) is 2.80. The molecular formula is C11H19N5O2. The Kier molecular flexibility index (Phi) is 4.27. The van der Waals surface area contributed by atoms with Crippen LogP contribution in [0.4, 0.5) is 0 Å². The smallest absolute Gasteiger partial charge is 0.237 e. The lowest BCUT2D eigenvalue weighted by atomic mass is 10.1. The first-order valence-corrected chi connectivity index (χ1v) is 6.12. The molecule has 1 saturated heterocycles. The second-order valence-electron chi connectivity index (χ2n) is 4.66. The number of carbonyl (C=O) groups is 1. The van der Waals surface area contributed by atoms with E-state index in [2.05, 4.69) is 25.7 Å². The summed E-state index contributed by atoms with van der Waals surface area (Å²) in [4.78, 5) is 17.9. The van der Waals surface area contributed by atoms with E-state index >= 15 is 0 Å². The summed E-state index contributed by atoms with van der Waals surface area (Å²) in [6.45, 7) is 2.33. The highest BCUT2D eigenvalue weighted by Crippen LogP contribution is 2.04. The Labute approximate surface area is 106 Å². The third kappa shape index (κ3) is 3.51. The molecule has 1 fully saturated rings. The molecule has 1 aliphatic heterocycles. The fourth-order valence-corrected chi connectivity index (χ4v) is 1.79. The molecule has 2 N–H and O–H groups in total. The highest BCUT2D eigenvalue weighted by Gasteiger charge is 2.24. The molecule has 1 atom stereocenters. The molecule has 1 unspecified atom stereocenters. The molecule has 1 aromatic rings. The normalized spacial score (nSPS) is 20.2. The van der Waals surface area contributed by atoms with Crippen LogP contribution in [0, 0.1) is 0 Å². The maximum Gasteiger partial charge on any atom is 0.237 e. The number of nitrogens with one attached hydrogen (secondary N) is 2. The molecule has 1 aliphatic rings. The fraction of sp³-hybridized carbons (Fsp3) is 0.727. The van der Waals surface area contributed by atoms with Gasteiger partial charge in [0.15, 0.2) is 5.82 Å². The molecule has 0 spiro atoms. The quantitative estimate of drug-likeness (QED) is 0.686. The van der Waals surface area contributed by atoms with Crippen LogP contribution in [0.5, 0.6) is 0 Å². The predicted octanol–water partition coefficient (Wildman–Crippen LogP) is -1.20. The first-order valence-electron chi connectivity index (χ1n) is 6.12. The topological polar surface area (TPSA) is 83.3 Å². The zero-order valence-corrected chi connectivity index (χ0v) is 10.8. The molecule has 2 rings (SSSR count). The number of nitrogens with zero attached hydrogens (tertiary/aromatic N) is 3. The first kappa shape index (κ1) is 13.0. The summed E-state index contributed by atoms with van der Waals surface area (Å²) < 4.78 is 5.15. The van der Waals surface area contributed by atoms with Crippen LogP contribution in [0.2, 0.25) is 0 Å². The Morgan fingerprint density at radius 2 is 2.28 bits per heavy atom.